The van der Waals surface area contributed by atoms with Gasteiger partial charge in [0, 0.05) is 18.8 Å². The minimum atomic E-state index is -0.675. The third kappa shape index (κ3) is 1.80. The zero-order valence-electron chi connectivity index (χ0n) is 7.27. The van der Waals surface area contributed by atoms with Gasteiger partial charge in [-0.15, -0.1) is 0 Å². The van der Waals surface area contributed by atoms with Crippen LogP contribution in [0.15, 0.2) is 4.99 Å². The average molecular weight is 200 g/mol. The van der Waals surface area contributed by atoms with Gasteiger partial charge in [-0.2, -0.15) is 0 Å². The molecule has 72 valence electrons. The van der Waals surface area contributed by atoms with E-state index in [1.165, 1.54) is 0 Å². The van der Waals surface area contributed by atoms with Crippen LogP contribution >= 0.6 is 11.8 Å². The second-order valence-corrected chi connectivity index (χ2v) is 4.34. The lowest BCUT2D eigenvalue weighted by molar-refractivity contribution is -0.141. The average Bonchev–Trinajstić information content (AvgIpc) is 2.75. The highest BCUT2D eigenvalue weighted by Crippen LogP contribution is 2.23. The van der Waals surface area contributed by atoms with Crippen LogP contribution in [-0.2, 0) is 4.79 Å². The van der Waals surface area contributed by atoms with Gasteiger partial charge in [0.2, 0.25) is 0 Å². The Labute approximate surface area is 81.0 Å². The summed E-state index contributed by atoms with van der Waals surface area (Å²) >= 11 is 1.74. The molecule has 0 spiro atoms. The fourth-order valence-electron chi connectivity index (χ4n) is 1.65. The van der Waals surface area contributed by atoms with E-state index < -0.39 is 5.97 Å². The van der Waals surface area contributed by atoms with Crippen molar-refractivity contribution >= 4 is 22.9 Å². The molecule has 0 aromatic rings. The molecular weight excluding hydrogens is 188 g/mol. The first-order valence-corrected chi connectivity index (χ1v) is 5.41. The molecule has 1 atom stereocenters. The molecule has 0 unspecified atom stereocenters. The first kappa shape index (κ1) is 8.87. The number of carboxylic acid groups (broad SMARTS) is 1. The van der Waals surface area contributed by atoms with E-state index in [-0.39, 0.29) is 5.92 Å². The maximum atomic E-state index is 10.7. The van der Waals surface area contributed by atoms with Gasteiger partial charge in [-0.25, -0.2) is 0 Å². The molecule has 0 aromatic heterocycles. The number of thioether (sulfide) groups is 1. The molecule has 4 nitrogen and oxygen atoms in total. The van der Waals surface area contributed by atoms with Crippen molar-refractivity contribution in [1.29, 1.82) is 0 Å². The Bertz CT molecular complexity index is 255. The molecule has 0 aromatic carbocycles. The van der Waals surface area contributed by atoms with Gasteiger partial charge in [-0.3, -0.25) is 9.79 Å². The quantitative estimate of drug-likeness (QED) is 0.669. The lowest BCUT2D eigenvalue weighted by Crippen LogP contribution is -2.26. The van der Waals surface area contributed by atoms with Gasteiger partial charge in [0.1, 0.15) is 0 Å². The first-order valence-electron chi connectivity index (χ1n) is 4.42. The second-order valence-electron chi connectivity index (χ2n) is 3.28. The van der Waals surface area contributed by atoms with E-state index in [1.807, 2.05) is 0 Å². The van der Waals surface area contributed by atoms with E-state index in [9.17, 15) is 4.79 Å². The Kier molecular flexibility index (Phi) is 2.44. The van der Waals surface area contributed by atoms with Crippen LogP contribution in [0, 0.1) is 5.92 Å². The van der Waals surface area contributed by atoms with Crippen molar-refractivity contribution < 1.29 is 9.90 Å². The van der Waals surface area contributed by atoms with Crippen molar-refractivity contribution in [2.75, 3.05) is 25.4 Å². The summed E-state index contributed by atoms with van der Waals surface area (Å²) in [4.78, 5) is 17.1. The summed E-state index contributed by atoms with van der Waals surface area (Å²) in [6, 6.07) is 0. The van der Waals surface area contributed by atoms with E-state index in [0.29, 0.717) is 6.54 Å². The highest BCUT2D eigenvalue weighted by molar-refractivity contribution is 8.14. The summed E-state index contributed by atoms with van der Waals surface area (Å²) in [6.45, 7) is 2.37. The molecule has 2 aliphatic heterocycles. The monoisotopic (exact) mass is 200 g/mol. The van der Waals surface area contributed by atoms with Crippen LogP contribution in [0.5, 0.6) is 0 Å². The summed E-state index contributed by atoms with van der Waals surface area (Å²) in [7, 11) is 0. The molecule has 2 heterocycles. The van der Waals surface area contributed by atoms with E-state index in [0.717, 1.165) is 30.4 Å². The predicted octanol–water partition coefficient (Wildman–Crippen LogP) is 0.496. The number of aliphatic imine (C=N–C) groups is 1. The Morgan fingerprint density at radius 1 is 1.69 bits per heavy atom. The van der Waals surface area contributed by atoms with E-state index in [1.54, 1.807) is 11.8 Å². The molecule has 0 amide bonds. The standard InChI is InChI=1S/C8H12N2O2S/c11-7(12)6-1-3-10(5-6)8-9-2-4-13-8/h6H,1-5H2,(H,11,12)/t6-/m0/s1. The third-order valence-electron chi connectivity index (χ3n) is 2.38. The fourth-order valence-corrected chi connectivity index (χ4v) is 2.55. The van der Waals surface area contributed by atoms with Crippen LogP contribution in [0.2, 0.25) is 0 Å². The Balaban J connectivity index is 1.94. The first-order chi connectivity index (χ1) is 6.27. The van der Waals surface area contributed by atoms with Crippen molar-refractivity contribution in [3.63, 3.8) is 0 Å². The van der Waals surface area contributed by atoms with E-state index >= 15 is 0 Å². The zero-order valence-corrected chi connectivity index (χ0v) is 8.09. The predicted molar refractivity (Wildman–Crippen MR) is 52.1 cm³/mol. The molecule has 1 N–H and O–H groups in total. The zero-order chi connectivity index (χ0) is 9.26. The number of carboxylic acids is 1. The third-order valence-corrected chi connectivity index (χ3v) is 3.41. The highest BCUT2D eigenvalue weighted by atomic mass is 32.2. The Morgan fingerprint density at radius 2 is 2.54 bits per heavy atom. The minimum absolute atomic E-state index is 0.191. The van der Waals surface area contributed by atoms with Gasteiger partial charge in [0.25, 0.3) is 0 Å². The van der Waals surface area contributed by atoms with Gasteiger partial charge in [-0.1, -0.05) is 11.8 Å². The number of hydrogen-bond acceptors (Lipinski definition) is 4. The lowest BCUT2D eigenvalue weighted by Gasteiger charge is -2.15. The topological polar surface area (TPSA) is 52.9 Å². The van der Waals surface area contributed by atoms with Crippen LogP contribution in [0.1, 0.15) is 6.42 Å². The van der Waals surface area contributed by atoms with E-state index in [4.69, 9.17) is 5.11 Å². The molecule has 13 heavy (non-hydrogen) atoms. The molecule has 0 radical (unpaired) electrons. The number of rotatable bonds is 1. The normalized spacial score (nSPS) is 27.8. The number of nitrogens with zero attached hydrogens (tertiary/aromatic N) is 2. The van der Waals surface area contributed by atoms with Crippen LogP contribution in [0.3, 0.4) is 0 Å². The lowest BCUT2D eigenvalue weighted by atomic mass is 10.1. The summed E-state index contributed by atoms with van der Waals surface area (Å²) in [5.41, 5.74) is 0. The summed E-state index contributed by atoms with van der Waals surface area (Å²) in [6.07, 6.45) is 0.759. The summed E-state index contributed by atoms with van der Waals surface area (Å²) in [5.74, 6) is 0.179. The minimum Gasteiger partial charge on any atom is -0.481 e. The molecule has 2 rings (SSSR count). The van der Waals surface area contributed by atoms with Crippen LogP contribution < -0.4 is 0 Å². The SMILES string of the molecule is O=C(O)[C@H]1CCN(C2=NCCS2)C1. The second kappa shape index (κ2) is 3.57. The molecule has 1 fully saturated rings. The number of aliphatic carboxylic acids is 1. The van der Waals surface area contributed by atoms with E-state index in [2.05, 4.69) is 9.89 Å². The smallest absolute Gasteiger partial charge is 0.308 e. The maximum absolute atomic E-state index is 10.7. The van der Waals surface area contributed by atoms with Gasteiger partial charge >= 0.3 is 5.97 Å². The van der Waals surface area contributed by atoms with Crippen molar-refractivity contribution in [2.45, 2.75) is 6.42 Å². The number of hydrogen-bond donors (Lipinski definition) is 1. The van der Waals surface area contributed by atoms with Crippen LogP contribution in [0.25, 0.3) is 0 Å². The van der Waals surface area contributed by atoms with Gasteiger partial charge in [0.15, 0.2) is 5.17 Å². The Hall–Kier alpha value is -0.710. The van der Waals surface area contributed by atoms with Crippen molar-refractivity contribution in [1.82, 2.24) is 4.90 Å². The summed E-state index contributed by atoms with van der Waals surface area (Å²) < 4.78 is 0. The number of likely N-dealkylation sites (tertiary alicyclic amines) is 1. The highest BCUT2D eigenvalue weighted by Gasteiger charge is 2.30. The van der Waals surface area contributed by atoms with Gasteiger partial charge < -0.3 is 10.0 Å². The largest absolute Gasteiger partial charge is 0.481 e. The fraction of sp³-hybridized carbons (Fsp3) is 0.750. The van der Waals surface area contributed by atoms with Gasteiger partial charge in [0.05, 0.1) is 12.5 Å². The Morgan fingerprint density at radius 3 is 3.08 bits per heavy atom. The molecular formula is C8H12N2O2S. The van der Waals surface area contributed by atoms with Crippen molar-refractivity contribution in [3.8, 4) is 0 Å². The summed E-state index contributed by atoms with van der Waals surface area (Å²) in [5, 5.41) is 9.85. The number of amidine groups is 1. The number of carbonyl (C=O) groups is 1. The molecule has 0 bridgehead atoms. The molecule has 2 aliphatic rings. The molecule has 0 saturated carbocycles. The maximum Gasteiger partial charge on any atom is 0.308 e. The molecule has 0 aliphatic carbocycles. The molecule has 5 heteroatoms. The van der Waals surface area contributed by atoms with Crippen LogP contribution in [0.4, 0.5) is 0 Å². The van der Waals surface area contributed by atoms with Gasteiger partial charge in [-0.05, 0) is 6.42 Å². The molecule has 1 saturated heterocycles. The van der Waals surface area contributed by atoms with Crippen LogP contribution in [-0.4, -0.2) is 46.5 Å². The van der Waals surface area contributed by atoms with Crippen molar-refractivity contribution in [2.24, 2.45) is 10.9 Å². The van der Waals surface area contributed by atoms with Crippen molar-refractivity contribution in [3.05, 3.63) is 0 Å².